The van der Waals surface area contributed by atoms with Gasteiger partial charge >= 0.3 is 6.18 Å². The van der Waals surface area contributed by atoms with E-state index in [1.807, 2.05) is 0 Å². The highest BCUT2D eigenvalue weighted by Crippen LogP contribution is 2.33. The molecule has 0 atom stereocenters. The molecule has 0 spiro atoms. The molecule has 0 saturated carbocycles. The van der Waals surface area contributed by atoms with Crippen LogP contribution in [0.15, 0.2) is 40.7 Å². The van der Waals surface area contributed by atoms with Gasteiger partial charge in [-0.1, -0.05) is 0 Å². The number of rotatable bonds is 6. The molecule has 0 N–H and O–H groups in total. The number of Topliss-reactive ketones (excluding diaryl/α,β-unsaturated/α-hetero) is 1. The van der Waals surface area contributed by atoms with Crippen LogP contribution in [-0.4, -0.2) is 39.3 Å². The first kappa shape index (κ1) is 19.3. The van der Waals surface area contributed by atoms with Crippen LogP contribution in [0.25, 0.3) is 5.69 Å². The number of hydrogen-bond donors (Lipinski definition) is 0. The zero-order valence-electron chi connectivity index (χ0n) is 13.1. The highest BCUT2D eigenvalue weighted by molar-refractivity contribution is 8.21. The van der Waals surface area contributed by atoms with Crippen molar-refractivity contribution in [3.8, 4) is 5.69 Å². The van der Waals surface area contributed by atoms with E-state index in [0.29, 0.717) is 10.5 Å². The lowest BCUT2D eigenvalue weighted by molar-refractivity contribution is -0.137. The smallest absolute Gasteiger partial charge is 0.298 e. The second-order valence-corrected chi connectivity index (χ2v) is 6.52. The van der Waals surface area contributed by atoms with Crippen molar-refractivity contribution < 1.29 is 22.8 Å². The maximum absolute atomic E-state index is 13.0. The Hall–Kier alpha value is -2.07. The summed E-state index contributed by atoms with van der Waals surface area (Å²) in [6.07, 6.45) is 1.56. The minimum absolute atomic E-state index is 0.0683. The number of alkyl halides is 3. The lowest BCUT2D eigenvalue weighted by Gasteiger charge is -2.13. The van der Waals surface area contributed by atoms with Crippen LogP contribution in [0.2, 0.25) is 0 Å². The van der Waals surface area contributed by atoms with E-state index >= 15 is 0 Å². The van der Waals surface area contributed by atoms with Gasteiger partial charge in [0.1, 0.15) is 12.7 Å². The Morgan fingerprint density at radius 2 is 1.92 bits per heavy atom. The average Bonchev–Trinajstić information content (AvgIpc) is 3.12. The maximum Gasteiger partial charge on any atom is 0.416 e. The molecule has 0 aliphatic carbocycles. The van der Waals surface area contributed by atoms with Crippen LogP contribution in [0.5, 0.6) is 0 Å². The Labute approximate surface area is 149 Å². The predicted octanol–water partition coefficient (Wildman–Crippen LogP) is 3.61. The van der Waals surface area contributed by atoms with Crippen LogP contribution >= 0.6 is 23.5 Å². The minimum atomic E-state index is -4.58. The first-order valence-electron chi connectivity index (χ1n) is 6.71. The number of halogens is 3. The Morgan fingerprint density at radius 3 is 2.40 bits per heavy atom. The largest absolute Gasteiger partial charge is 0.416 e. The molecule has 2 aromatic rings. The molecule has 5 nitrogen and oxygen atoms in total. The van der Waals surface area contributed by atoms with Gasteiger partial charge in [0.25, 0.3) is 0 Å². The Kier molecular flexibility index (Phi) is 6.07. The summed E-state index contributed by atoms with van der Waals surface area (Å²) in [5.41, 5.74) is -1.21. The number of carbonyl (C=O) groups excluding carboxylic acids is 2. The van der Waals surface area contributed by atoms with E-state index in [4.69, 9.17) is 0 Å². The molecule has 1 aromatic heterocycles. The molecule has 0 amide bonds. The van der Waals surface area contributed by atoms with Gasteiger partial charge < -0.3 is 0 Å². The summed E-state index contributed by atoms with van der Waals surface area (Å²) in [6, 6.07) is 2.65. The molecule has 132 valence electrons. The number of hydrogen-bond acceptors (Lipinski definition) is 6. The lowest BCUT2D eigenvalue weighted by atomic mass is 10.0. The molecular formula is C15H12F3N3O2S2. The van der Waals surface area contributed by atoms with E-state index in [0.717, 1.165) is 29.2 Å². The van der Waals surface area contributed by atoms with Crippen molar-refractivity contribution in [3.63, 3.8) is 0 Å². The number of thioether (sulfide) groups is 2. The number of allylic oxidation sites excluding steroid dienone is 1. The molecule has 1 heterocycles. The second-order valence-electron chi connectivity index (χ2n) is 4.63. The van der Waals surface area contributed by atoms with E-state index < -0.39 is 17.5 Å². The molecule has 25 heavy (non-hydrogen) atoms. The van der Waals surface area contributed by atoms with Crippen molar-refractivity contribution in [1.29, 1.82) is 0 Å². The number of carbonyl (C=O) groups is 2. The third kappa shape index (κ3) is 4.13. The van der Waals surface area contributed by atoms with Crippen LogP contribution in [0.1, 0.15) is 15.9 Å². The van der Waals surface area contributed by atoms with Gasteiger partial charge in [-0.05, 0) is 30.7 Å². The van der Waals surface area contributed by atoms with Gasteiger partial charge in [0.05, 0.1) is 21.1 Å². The normalized spacial score (nSPS) is 11.2. The molecule has 0 fully saturated rings. The molecule has 0 saturated heterocycles. The van der Waals surface area contributed by atoms with Gasteiger partial charge in [-0.15, -0.1) is 23.5 Å². The standard InChI is InChI=1S/C15H12F3N3O2S2/c1-24-14(25-2)11(6-22)13(23)10-4-3-9(15(16,17)18)5-12(10)21-8-19-7-20-21/h3-8H,1-2H3. The van der Waals surface area contributed by atoms with Crippen molar-refractivity contribution in [2.45, 2.75) is 6.18 Å². The Bertz CT molecular complexity index is 812. The third-order valence-electron chi connectivity index (χ3n) is 3.19. The van der Waals surface area contributed by atoms with Crippen molar-refractivity contribution in [1.82, 2.24) is 14.8 Å². The fraction of sp³-hybridized carbons (Fsp3) is 0.200. The topological polar surface area (TPSA) is 64.8 Å². The lowest BCUT2D eigenvalue weighted by Crippen LogP contribution is -2.14. The first-order chi connectivity index (χ1) is 11.8. The number of ketones is 1. The van der Waals surface area contributed by atoms with E-state index in [-0.39, 0.29) is 16.8 Å². The zero-order chi connectivity index (χ0) is 18.6. The van der Waals surface area contributed by atoms with E-state index in [1.54, 1.807) is 12.5 Å². The van der Waals surface area contributed by atoms with Crippen molar-refractivity contribution in [2.75, 3.05) is 12.5 Å². The first-order valence-corrected chi connectivity index (χ1v) is 9.16. The highest BCUT2D eigenvalue weighted by atomic mass is 32.2. The van der Waals surface area contributed by atoms with E-state index in [1.165, 1.54) is 29.9 Å². The molecule has 0 aliphatic rings. The summed E-state index contributed by atoms with van der Waals surface area (Å²) < 4.78 is 40.5. The minimum Gasteiger partial charge on any atom is -0.298 e. The van der Waals surface area contributed by atoms with Crippen molar-refractivity contribution >= 4 is 35.6 Å². The van der Waals surface area contributed by atoms with Gasteiger partial charge in [0, 0.05) is 5.56 Å². The average molecular weight is 387 g/mol. The van der Waals surface area contributed by atoms with Gasteiger partial charge in [-0.2, -0.15) is 18.3 Å². The van der Waals surface area contributed by atoms with Crippen LogP contribution < -0.4 is 0 Å². The summed E-state index contributed by atoms with van der Waals surface area (Å²) in [4.78, 5) is 27.8. The fourth-order valence-electron chi connectivity index (χ4n) is 2.06. The van der Waals surface area contributed by atoms with E-state index in [2.05, 4.69) is 10.1 Å². The molecule has 0 aliphatic heterocycles. The van der Waals surface area contributed by atoms with Crippen molar-refractivity contribution in [2.24, 2.45) is 0 Å². The quantitative estimate of drug-likeness (QED) is 0.248. The van der Waals surface area contributed by atoms with Crippen LogP contribution in [0.3, 0.4) is 0 Å². The summed E-state index contributed by atoms with van der Waals surface area (Å²) in [5, 5.41) is 3.79. The molecule has 2 rings (SSSR count). The molecular weight excluding hydrogens is 375 g/mol. The Balaban J connectivity index is 2.67. The van der Waals surface area contributed by atoms with Crippen LogP contribution in [0.4, 0.5) is 13.2 Å². The number of benzene rings is 1. The maximum atomic E-state index is 13.0. The molecule has 1 aromatic carbocycles. The highest BCUT2D eigenvalue weighted by Gasteiger charge is 2.32. The SMILES string of the molecule is CSC(SC)=C(C=O)C(=O)c1ccc(C(F)(F)F)cc1-n1cncn1. The zero-order valence-corrected chi connectivity index (χ0v) is 14.7. The molecule has 0 unspecified atom stereocenters. The molecule has 0 bridgehead atoms. The van der Waals surface area contributed by atoms with Gasteiger partial charge in [0.2, 0.25) is 0 Å². The fourth-order valence-corrected chi connectivity index (χ4v) is 3.45. The number of aldehydes is 1. The number of aromatic nitrogens is 3. The van der Waals surface area contributed by atoms with E-state index in [9.17, 15) is 22.8 Å². The molecule has 10 heteroatoms. The number of nitrogens with zero attached hydrogens (tertiary/aromatic N) is 3. The van der Waals surface area contributed by atoms with Gasteiger partial charge in [-0.25, -0.2) is 9.67 Å². The summed E-state index contributed by atoms with van der Waals surface area (Å²) in [5.74, 6) is -0.673. The summed E-state index contributed by atoms with van der Waals surface area (Å²) in [7, 11) is 0. The summed E-state index contributed by atoms with van der Waals surface area (Å²) >= 11 is 2.42. The van der Waals surface area contributed by atoms with Gasteiger partial charge in [-0.3, -0.25) is 9.59 Å². The predicted molar refractivity (Wildman–Crippen MR) is 90.8 cm³/mol. The van der Waals surface area contributed by atoms with Crippen molar-refractivity contribution in [3.05, 3.63) is 51.8 Å². The molecule has 0 radical (unpaired) electrons. The summed E-state index contributed by atoms with van der Waals surface area (Å²) in [6.45, 7) is 0. The van der Waals surface area contributed by atoms with Crippen LogP contribution in [0, 0.1) is 0 Å². The van der Waals surface area contributed by atoms with Gasteiger partial charge in [0.15, 0.2) is 12.1 Å². The Morgan fingerprint density at radius 1 is 1.24 bits per heavy atom. The van der Waals surface area contributed by atoms with Crippen LogP contribution in [-0.2, 0) is 11.0 Å². The third-order valence-corrected chi connectivity index (χ3v) is 5.37. The monoisotopic (exact) mass is 387 g/mol. The second kappa shape index (κ2) is 7.87.